The van der Waals surface area contributed by atoms with Crippen LogP contribution in [0.4, 0.5) is 5.69 Å². The van der Waals surface area contributed by atoms with Gasteiger partial charge in [0.15, 0.2) is 5.78 Å². The normalized spacial score (nSPS) is 12.6. The summed E-state index contributed by atoms with van der Waals surface area (Å²) in [6.07, 6.45) is -1.02. The van der Waals surface area contributed by atoms with E-state index in [2.05, 4.69) is 5.32 Å². The minimum absolute atomic E-state index is 0.138. The van der Waals surface area contributed by atoms with Gasteiger partial charge < -0.3 is 10.4 Å². The lowest BCUT2D eigenvalue weighted by Gasteiger charge is -2.16. The van der Waals surface area contributed by atoms with Crippen molar-refractivity contribution >= 4 is 11.5 Å². The molecule has 0 saturated carbocycles. The Morgan fingerprint density at radius 3 is 2.06 bits per heavy atom. The van der Waals surface area contributed by atoms with Gasteiger partial charge in [0.1, 0.15) is 6.10 Å². The molecule has 17 heavy (non-hydrogen) atoms. The molecule has 0 aliphatic carbocycles. The van der Waals surface area contributed by atoms with E-state index in [0.29, 0.717) is 5.56 Å². The number of carbonyl (C=O) groups excluding carboxylic acids is 1. The van der Waals surface area contributed by atoms with E-state index in [9.17, 15) is 9.90 Å². The van der Waals surface area contributed by atoms with Crippen LogP contribution in [0.5, 0.6) is 0 Å². The van der Waals surface area contributed by atoms with Gasteiger partial charge in [-0.2, -0.15) is 0 Å². The van der Waals surface area contributed by atoms with Crippen molar-refractivity contribution in [2.45, 2.75) is 33.8 Å². The number of Topliss-reactive ketones (excluding diaryl/α,β-unsaturated/α-hetero) is 1. The SMILES string of the molecule is CNc1c(C)cc(C(O)C(=O)C(C)C)cc1C. The van der Waals surface area contributed by atoms with E-state index in [1.807, 2.05) is 33.0 Å². The highest BCUT2D eigenvalue weighted by Gasteiger charge is 2.21. The first-order valence-corrected chi connectivity index (χ1v) is 5.89. The zero-order valence-electron chi connectivity index (χ0n) is 11.2. The number of anilines is 1. The van der Waals surface area contributed by atoms with Crippen LogP contribution in [0.25, 0.3) is 0 Å². The van der Waals surface area contributed by atoms with Gasteiger partial charge in [0.05, 0.1) is 0 Å². The summed E-state index contributed by atoms with van der Waals surface area (Å²) < 4.78 is 0. The largest absolute Gasteiger partial charge is 0.388 e. The molecule has 1 rings (SSSR count). The molecule has 0 heterocycles. The molecule has 0 amide bonds. The van der Waals surface area contributed by atoms with E-state index in [1.54, 1.807) is 13.8 Å². The van der Waals surface area contributed by atoms with E-state index in [0.717, 1.165) is 16.8 Å². The third kappa shape index (κ3) is 2.86. The van der Waals surface area contributed by atoms with Crippen LogP contribution in [-0.4, -0.2) is 17.9 Å². The molecule has 0 aromatic heterocycles. The van der Waals surface area contributed by atoms with Gasteiger partial charge in [0.2, 0.25) is 0 Å². The fraction of sp³-hybridized carbons (Fsp3) is 0.500. The zero-order valence-corrected chi connectivity index (χ0v) is 11.2. The maximum atomic E-state index is 11.8. The summed E-state index contributed by atoms with van der Waals surface area (Å²) in [4.78, 5) is 11.8. The van der Waals surface area contributed by atoms with Gasteiger partial charge in [-0.05, 0) is 30.5 Å². The van der Waals surface area contributed by atoms with Gasteiger partial charge in [0.25, 0.3) is 0 Å². The number of aryl methyl sites for hydroxylation is 2. The first-order valence-electron chi connectivity index (χ1n) is 5.89. The van der Waals surface area contributed by atoms with E-state index >= 15 is 0 Å². The Bertz CT molecular complexity index is 401. The Morgan fingerprint density at radius 1 is 1.24 bits per heavy atom. The van der Waals surface area contributed by atoms with Crippen molar-refractivity contribution in [3.05, 3.63) is 28.8 Å². The van der Waals surface area contributed by atoms with Crippen LogP contribution in [-0.2, 0) is 4.79 Å². The summed E-state index contributed by atoms with van der Waals surface area (Å²) in [6.45, 7) is 7.53. The minimum atomic E-state index is -1.02. The molecule has 0 spiro atoms. The summed E-state index contributed by atoms with van der Waals surface area (Å²) in [6, 6.07) is 3.73. The number of aliphatic hydroxyl groups is 1. The minimum Gasteiger partial charge on any atom is -0.388 e. The van der Waals surface area contributed by atoms with Gasteiger partial charge in [-0.3, -0.25) is 4.79 Å². The maximum absolute atomic E-state index is 11.8. The second-order valence-electron chi connectivity index (χ2n) is 4.74. The first kappa shape index (κ1) is 13.7. The van der Waals surface area contributed by atoms with Gasteiger partial charge in [0, 0.05) is 18.7 Å². The number of rotatable bonds is 4. The molecular formula is C14H21NO2. The molecule has 0 aliphatic rings. The molecule has 0 bridgehead atoms. The highest BCUT2D eigenvalue weighted by atomic mass is 16.3. The molecule has 0 radical (unpaired) electrons. The molecule has 2 N–H and O–H groups in total. The maximum Gasteiger partial charge on any atom is 0.168 e. The average Bonchev–Trinajstić information content (AvgIpc) is 2.26. The molecule has 1 atom stereocenters. The predicted molar refractivity (Wildman–Crippen MR) is 70.3 cm³/mol. The Balaban J connectivity index is 3.12. The number of carbonyl (C=O) groups is 1. The molecule has 1 aromatic rings. The summed E-state index contributed by atoms with van der Waals surface area (Å²) in [5.74, 6) is -0.296. The zero-order chi connectivity index (χ0) is 13.2. The van der Waals surface area contributed by atoms with Crippen molar-refractivity contribution in [2.24, 2.45) is 5.92 Å². The van der Waals surface area contributed by atoms with Crippen molar-refractivity contribution in [3.63, 3.8) is 0 Å². The number of nitrogens with one attached hydrogen (secondary N) is 1. The molecule has 0 saturated heterocycles. The highest BCUT2D eigenvalue weighted by molar-refractivity contribution is 5.86. The van der Waals surface area contributed by atoms with E-state index in [4.69, 9.17) is 0 Å². The first-order chi connectivity index (χ1) is 7.88. The smallest absolute Gasteiger partial charge is 0.168 e. The Kier molecular flexibility index (Phi) is 4.29. The lowest BCUT2D eigenvalue weighted by molar-refractivity contribution is -0.130. The molecule has 94 valence electrons. The van der Waals surface area contributed by atoms with Gasteiger partial charge in [-0.15, -0.1) is 0 Å². The number of aliphatic hydroxyl groups excluding tert-OH is 1. The summed E-state index contributed by atoms with van der Waals surface area (Å²) in [7, 11) is 1.87. The van der Waals surface area contributed by atoms with Crippen molar-refractivity contribution in [3.8, 4) is 0 Å². The highest BCUT2D eigenvalue weighted by Crippen LogP contribution is 2.26. The van der Waals surface area contributed by atoms with Crippen LogP contribution in [0.1, 0.15) is 36.6 Å². The molecule has 3 heteroatoms. The Labute approximate surface area is 103 Å². The van der Waals surface area contributed by atoms with Gasteiger partial charge >= 0.3 is 0 Å². The molecule has 3 nitrogen and oxygen atoms in total. The third-order valence-corrected chi connectivity index (χ3v) is 2.96. The van der Waals surface area contributed by atoms with Crippen LogP contribution in [0.15, 0.2) is 12.1 Å². The van der Waals surface area contributed by atoms with E-state index in [-0.39, 0.29) is 11.7 Å². The van der Waals surface area contributed by atoms with Crippen LogP contribution >= 0.6 is 0 Å². The van der Waals surface area contributed by atoms with Crippen molar-refractivity contribution < 1.29 is 9.90 Å². The number of ketones is 1. The topological polar surface area (TPSA) is 49.3 Å². The second kappa shape index (κ2) is 5.32. The van der Waals surface area contributed by atoms with Crippen LogP contribution in [0.2, 0.25) is 0 Å². The summed E-state index contributed by atoms with van der Waals surface area (Å²) in [5, 5.41) is 13.1. The molecule has 0 fully saturated rings. The third-order valence-electron chi connectivity index (χ3n) is 2.96. The van der Waals surface area contributed by atoms with Crippen LogP contribution < -0.4 is 5.32 Å². The Hall–Kier alpha value is -1.35. The Morgan fingerprint density at radius 2 is 1.71 bits per heavy atom. The lowest BCUT2D eigenvalue weighted by atomic mass is 9.94. The van der Waals surface area contributed by atoms with Gasteiger partial charge in [-0.1, -0.05) is 26.0 Å². The standard InChI is InChI=1S/C14H21NO2/c1-8(2)13(16)14(17)11-6-9(3)12(15-5)10(4)7-11/h6-8,14-15,17H,1-5H3. The van der Waals surface area contributed by atoms with Crippen LogP contribution in [0, 0.1) is 19.8 Å². The lowest BCUT2D eigenvalue weighted by Crippen LogP contribution is -2.18. The van der Waals surface area contributed by atoms with Crippen molar-refractivity contribution in [1.29, 1.82) is 0 Å². The average molecular weight is 235 g/mol. The second-order valence-corrected chi connectivity index (χ2v) is 4.74. The fourth-order valence-electron chi connectivity index (χ4n) is 2.03. The molecular weight excluding hydrogens is 214 g/mol. The van der Waals surface area contributed by atoms with E-state index in [1.165, 1.54) is 0 Å². The molecule has 1 unspecified atom stereocenters. The summed E-state index contributed by atoms with van der Waals surface area (Å²) >= 11 is 0. The van der Waals surface area contributed by atoms with Crippen molar-refractivity contribution in [1.82, 2.24) is 0 Å². The number of hydrogen-bond donors (Lipinski definition) is 2. The van der Waals surface area contributed by atoms with Gasteiger partial charge in [-0.25, -0.2) is 0 Å². The van der Waals surface area contributed by atoms with E-state index < -0.39 is 6.10 Å². The summed E-state index contributed by atoms with van der Waals surface area (Å²) in [5.41, 5.74) is 3.81. The van der Waals surface area contributed by atoms with Crippen LogP contribution in [0.3, 0.4) is 0 Å². The van der Waals surface area contributed by atoms with Crippen molar-refractivity contribution in [2.75, 3.05) is 12.4 Å². The number of benzene rings is 1. The fourth-order valence-corrected chi connectivity index (χ4v) is 2.03. The quantitative estimate of drug-likeness (QED) is 0.843. The molecule has 0 aliphatic heterocycles. The number of hydrogen-bond acceptors (Lipinski definition) is 3. The monoisotopic (exact) mass is 235 g/mol. The molecule has 1 aromatic carbocycles. The predicted octanol–water partition coefficient (Wildman–Crippen LogP) is 2.60.